The third-order valence-electron chi connectivity index (χ3n) is 4.36. The molecule has 0 aliphatic heterocycles. The molecule has 0 saturated carbocycles. The van der Waals surface area contributed by atoms with Gasteiger partial charge in [-0.3, -0.25) is 9.69 Å². The third kappa shape index (κ3) is 6.87. The van der Waals surface area contributed by atoms with Crippen molar-refractivity contribution in [1.82, 2.24) is 9.88 Å². The normalized spacial score (nSPS) is 11.2. The van der Waals surface area contributed by atoms with Crippen LogP contribution in [0.4, 0.5) is 13.9 Å². The van der Waals surface area contributed by atoms with Crippen LogP contribution in [0.2, 0.25) is 0 Å². The smallest absolute Gasteiger partial charge is 0.233 e. The fourth-order valence-corrected chi connectivity index (χ4v) is 4.80. The minimum absolute atomic E-state index is 0. The Bertz CT molecular complexity index is 1030. The molecule has 0 saturated heterocycles. The van der Waals surface area contributed by atoms with Gasteiger partial charge >= 0.3 is 0 Å². The maximum Gasteiger partial charge on any atom is 0.233 e. The quantitative estimate of drug-likeness (QED) is 0.387. The standard InChI is InChI=1S/C22H25F2N3OS2.ClH/c1-14(2)29-17-7-5-15(6-8-17)11-20(28)27(10-9-26(3)4)22-25-21-18(24)12-16(23)13-19(21)30-22;/h5-8,12-14H,9-11H2,1-4H3;1H. The van der Waals surface area contributed by atoms with Crippen molar-refractivity contribution in [3.8, 4) is 0 Å². The molecule has 3 rings (SSSR count). The fourth-order valence-electron chi connectivity index (χ4n) is 2.92. The van der Waals surface area contributed by atoms with Crippen LogP contribution in [0.3, 0.4) is 0 Å². The second-order valence-corrected chi connectivity index (χ2v) is 10.2. The van der Waals surface area contributed by atoms with E-state index in [1.54, 1.807) is 16.7 Å². The van der Waals surface area contributed by atoms with Gasteiger partial charge in [0.15, 0.2) is 10.9 Å². The Morgan fingerprint density at radius 2 is 1.81 bits per heavy atom. The highest BCUT2D eigenvalue weighted by Gasteiger charge is 2.21. The molecule has 0 bridgehead atoms. The summed E-state index contributed by atoms with van der Waals surface area (Å²) >= 11 is 2.90. The second-order valence-electron chi connectivity index (χ2n) is 7.57. The molecule has 0 spiro atoms. The average molecular weight is 486 g/mol. The summed E-state index contributed by atoms with van der Waals surface area (Å²) in [4.78, 5) is 22.1. The van der Waals surface area contributed by atoms with E-state index in [0.29, 0.717) is 28.2 Å². The van der Waals surface area contributed by atoms with Crippen LogP contribution in [0.5, 0.6) is 0 Å². The molecule has 9 heteroatoms. The summed E-state index contributed by atoms with van der Waals surface area (Å²) in [5, 5.41) is 0.872. The van der Waals surface area contributed by atoms with E-state index in [2.05, 4.69) is 18.8 Å². The van der Waals surface area contributed by atoms with Crippen LogP contribution in [0, 0.1) is 11.6 Å². The number of anilines is 1. The SMILES string of the molecule is CC(C)Sc1ccc(CC(=O)N(CCN(C)C)c2nc3c(F)cc(F)cc3s2)cc1.Cl. The van der Waals surface area contributed by atoms with Gasteiger partial charge in [-0.05, 0) is 37.9 Å². The molecule has 0 radical (unpaired) electrons. The number of hydrogen-bond donors (Lipinski definition) is 0. The molecule has 0 fully saturated rings. The largest absolute Gasteiger partial charge is 0.308 e. The van der Waals surface area contributed by atoms with Crippen LogP contribution >= 0.6 is 35.5 Å². The number of carbonyl (C=O) groups excluding carboxylic acids is 1. The molecule has 1 amide bonds. The molecule has 168 valence electrons. The van der Waals surface area contributed by atoms with Gasteiger partial charge in [0.25, 0.3) is 0 Å². The molecule has 1 aromatic heterocycles. The number of carbonyl (C=O) groups is 1. The van der Waals surface area contributed by atoms with E-state index in [0.717, 1.165) is 27.9 Å². The van der Waals surface area contributed by atoms with Crippen LogP contribution in [0.1, 0.15) is 19.4 Å². The van der Waals surface area contributed by atoms with Gasteiger partial charge < -0.3 is 4.90 Å². The van der Waals surface area contributed by atoms with Crippen molar-refractivity contribution in [2.24, 2.45) is 0 Å². The number of halogens is 3. The molecule has 0 aliphatic carbocycles. The van der Waals surface area contributed by atoms with E-state index in [1.807, 2.05) is 43.3 Å². The van der Waals surface area contributed by atoms with Gasteiger partial charge in [-0.15, -0.1) is 24.2 Å². The molecule has 0 N–H and O–H groups in total. The van der Waals surface area contributed by atoms with Crippen molar-refractivity contribution >= 4 is 56.8 Å². The highest BCUT2D eigenvalue weighted by molar-refractivity contribution is 7.99. The lowest BCUT2D eigenvalue weighted by atomic mass is 10.1. The molecule has 31 heavy (non-hydrogen) atoms. The van der Waals surface area contributed by atoms with E-state index in [-0.39, 0.29) is 30.3 Å². The summed E-state index contributed by atoms with van der Waals surface area (Å²) in [6.45, 7) is 5.31. The van der Waals surface area contributed by atoms with Crippen LogP contribution in [-0.2, 0) is 11.2 Å². The van der Waals surface area contributed by atoms with E-state index < -0.39 is 11.6 Å². The molecule has 4 nitrogen and oxygen atoms in total. The predicted molar refractivity (Wildman–Crippen MR) is 129 cm³/mol. The number of aromatic nitrogens is 1. The van der Waals surface area contributed by atoms with Gasteiger partial charge in [0.2, 0.25) is 5.91 Å². The first-order chi connectivity index (χ1) is 14.2. The maximum atomic E-state index is 14.1. The highest BCUT2D eigenvalue weighted by Crippen LogP contribution is 2.31. The number of thioether (sulfide) groups is 1. The summed E-state index contributed by atoms with van der Waals surface area (Å²) in [6.07, 6.45) is 0.215. The first kappa shape index (κ1) is 25.5. The molecule has 2 aromatic carbocycles. The van der Waals surface area contributed by atoms with Crippen LogP contribution in [0.15, 0.2) is 41.3 Å². The van der Waals surface area contributed by atoms with Crippen molar-refractivity contribution in [1.29, 1.82) is 0 Å². The number of thiazole rings is 1. The molecule has 3 aromatic rings. The molecular weight excluding hydrogens is 460 g/mol. The monoisotopic (exact) mass is 485 g/mol. The van der Waals surface area contributed by atoms with Gasteiger partial charge in [-0.2, -0.15) is 0 Å². The molecular formula is C22H26ClF2N3OS2. The summed E-state index contributed by atoms with van der Waals surface area (Å²) in [5.74, 6) is -1.49. The van der Waals surface area contributed by atoms with E-state index in [4.69, 9.17) is 0 Å². The topological polar surface area (TPSA) is 36.4 Å². The lowest BCUT2D eigenvalue weighted by Gasteiger charge is -2.22. The van der Waals surface area contributed by atoms with Gasteiger partial charge in [-0.25, -0.2) is 13.8 Å². The number of rotatable bonds is 8. The van der Waals surface area contributed by atoms with Gasteiger partial charge in [0, 0.05) is 29.3 Å². The molecule has 0 aliphatic rings. The Kier molecular flexibility index (Phi) is 9.24. The Morgan fingerprint density at radius 3 is 2.42 bits per heavy atom. The number of fused-ring (bicyclic) bond motifs is 1. The second kappa shape index (κ2) is 11.2. The first-order valence-corrected chi connectivity index (χ1v) is 11.4. The Morgan fingerprint density at radius 1 is 1.13 bits per heavy atom. The summed E-state index contributed by atoms with van der Waals surface area (Å²) in [7, 11) is 3.84. The van der Waals surface area contributed by atoms with Gasteiger partial charge in [0.05, 0.1) is 11.1 Å². The van der Waals surface area contributed by atoms with Crippen LogP contribution in [0.25, 0.3) is 10.2 Å². The Labute approximate surface area is 196 Å². The highest BCUT2D eigenvalue weighted by atomic mass is 35.5. The van der Waals surface area contributed by atoms with Crippen molar-refractivity contribution < 1.29 is 13.6 Å². The number of nitrogens with zero attached hydrogens (tertiary/aromatic N) is 3. The van der Waals surface area contributed by atoms with Crippen molar-refractivity contribution in [3.63, 3.8) is 0 Å². The Hall–Kier alpha value is -1.74. The van der Waals surface area contributed by atoms with Crippen LogP contribution < -0.4 is 4.90 Å². The number of benzene rings is 2. The molecule has 0 atom stereocenters. The summed E-state index contributed by atoms with van der Waals surface area (Å²) in [5.41, 5.74) is 0.996. The molecule has 1 heterocycles. The first-order valence-electron chi connectivity index (χ1n) is 9.69. The fraction of sp³-hybridized carbons (Fsp3) is 0.364. The van der Waals surface area contributed by atoms with E-state index >= 15 is 0 Å². The van der Waals surface area contributed by atoms with Crippen molar-refractivity contribution in [3.05, 3.63) is 53.6 Å². The summed E-state index contributed by atoms with van der Waals surface area (Å²) < 4.78 is 28.1. The van der Waals surface area contributed by atoms with E-state index in [1.165, 1.54) is 6.07 Å². The minimum Gasteiger partial charge on any atom is -0.308 e. The molecule has 0 unspecified atom stereocenters. The predicted octanol–water partition coefficient (Wildman–Crippen LogP) is 5.63. The zero-order chi connectivity index (χ0) is 21.8. The lowest BCUT2D eigenvalue weighted by molar-refractivity contribution is -0.118. The number of hydrogen-bond acceptors (Lipinski definition) is 5. The van der Waals surface area contributed by atoms with E-state index in [9.17, 15) is 13.6 Å². The minimum atomic E-state index is -0.717. The van der Waals surface area contributed by atoms with Crippen molar-refractivity contribution in [2.45, 2.75) is 30.4 Å². The lowest BCUT2D eigenvalue weighted by Crippen LogP contribution is -2.37. The third-order valence-corrected chi connectivity index (χ3v) is 6.40. The van der Waals surface area contributed by atoms with Gasteiger partial charge in [0.1, 0.15) is 11.3 Å². The number of amides is 1. The maximum absolute atomic E-state index is 14.1. The summed E-state index contributed by atoms with van der Waals surface area (Å²) in [6, 6.07) is 10.0. The zero-order valence-corrected chi connectivity index (χ0v) is 20.3. The number of likely N-dealkylation sites (N-methyl/N-ethyl adjacent to an activating group) is 1. The van der Waals surface area contributed by atoms with Gasteiger partial charge in [-0.1, -0.05) is 37.3 Å². The zero-order valence-electron chi connectivity index (χ0n) is 17.9. The average Bonchev–Trinajstić information content (AvgIpc) is 3.06. The Balaban J connectivity index is 0.00000341. The van der Waals surface area contributed by atoms with Crippen molar-refractivity contribution in [2.75, 3.05) is 32.1 Å². The van der Waals surface area contributed by atoms with Crippen LogP contribution in [-0.4, -0.2) is 48.2 Å².